The maximum Gasteiger partial charge on any atom is 0.0403 e. The molecular weight excluding hydrogens is 399 g/mol. The number of rotatable bonds is 2. The summed E-state index contributed by atoms with van der Waals surface area (Å²) >= 11 is 0. The zero-order chi connectivity index (χ0) is 18.6. The average Bonchev–Trinajstić information content (AvgIpc) is 2.67. The minimum absolute atomic E-state index is 0. The third kappa shape index (κ3) is 3.68. The fraction of sp³-hybridized carbons (Fsp3) is 0.360. The molecule has 0 spiro atoms. The monoisotopic (exact) mass is 428 g/mol. The maximum atomic E-state index is 3.51. The van der Waals surface area contributed by atoms with E-state index in [-0.39, 0.29) is 30.2 Å². The highest BCUT2D eigenvalue weighted by Crippen LogP contribution is 2.44. The molecule has 1 heterocycles. The summed E-state index contributed by atoms with van der Waals surface area (Å²) in [4.78, 5) is 2.68. The summed E-state index contributed by atoms with van der Waals surface area (Å²) in [6, 6.07) is 21.0. The Hall–Kier alpha value is -1.58. The summed E-state index contributed by atoms with van der Waals surface area (Å²) in [6.45, 7) is 11.6. The Labute approximate surface area is 185 Å². The van der Waals surface area contributed by atoms with Gasteiger partial charge in [-0.15, -0.1) is 24.8 Å². The largest absolute Gasteiger partial charge is 0.314 e. The van der Waals surface area contributed by atoms with E-state index in [0.717, 1.165) is 26.2 Å². The number of hydrogen-bond donors (Lipinski definition) is 1. The minimum atomic E-state index is 0. The predicted molar refractivity (Wildman–Crippen MR) is 131 cm³/mol. The van der Waals surface area contributed by atoms with Gasteiger partial charge in [0.1, 0.15) is 0 Å². The van der Waals surface area contributed by atoms with Crippen LogP contribution >= 0.6 is 24.8 Å². The molecule has 1 atom stereocenters. The van der Waals surface area contributed by atoms with E-state index < -0.39 is 0 Å². The molecule has 1 saturated heterocycles. The van der Waals surface area contributed by atoms with E-state index in [1.807, 2.05) is 0 Å². The third-order valence-corrected chi connectivity index (χ3v) is 6.19. The smallest absolute Gasteiger partial charge is 0.0403 e. The first-order valence-electron chi connectivity index (χ1n) is 10.2. The lowest BCUT2D eigenvalue weighted by Crippen LogP contribution is -2.48. The first-order valence-corrected chi connectivity index (χ1v) is 10.2. The van der Waals surface area contributed by atoms with E-state index in [1.165, 1.54) is 37.9 Å². The molecule has 0 aromatic heterocycles. The van der Waals surface area contributed by atoms with E-state index in [9.17, 15) is 0 Å². The first-order chi connectivity index (χ1) is 13.0. The van der Waals surface area contributed by atoms with Crippen LogP contribution in [0.15, 0.2) is 54.6 Å². The second-order valence-corrected chi connectivity index (χ2v) is 9.07. The van der Waals surface area contributed by atoms with Crippen LogP contribution in [0.5, 0.6) is 0 Å². The average molecular weight is 429 g/mol. The Balaban J connectivity index is 0.00000120. The van der Waals surface area contributed by atoms with E-state index >= 15 is 0 Å². The highest BCUT2D eigenvalue weighted by molar-refractivity contribution is 6.23. The van der Waals surface area contributed by atoms with Crippen LogP contribution in [0.3, 0.4) is 0 Å². The SMILES string of the molecule is CC(C)(C)[C@H](c1ccc2ccc3cccc4ccc1c2c34)N1CCNCC1.Cl.Cl. The zero-order valence-corrected chi connectivity index (χ0v) is 19.0. The number of benzene rings is 4. The van der Waals surface area contributed by atoms with Crippen LogP contribution < -0.4 is 5.32 Å². The van der Waals surface area contributed by atoms with Crippen LogP contribution in [0, 0.1) is 5.41 Å². The van der Waals surface area contributed by atoms with Gasteiger partial charge in [0.05, 0.1) is 0 Å². The fourth-order valence-corrected chi connectivity index (χ4v) is 5.15. The van der Waals surface area contributed by atoms with Gasteiger partial charge >= 0.3 is 0 Å². The lowest BCUT2D eigenvalue weighted by Gasteiger charge is -2.43. The molecule has 154 valence electrons. The van der Waals surface area contributed by atoms with Gasteiger partial charge in [-0.05, 0) is 43.3 Å². The summed E-state index contributed by atoms with van der Waals surface area (Å²) in [5, 5.41) is 11.8. The van der Waals surface area contributed by atoms with Gasteiger partial charge in [0.15, 0.2) is 0 Å². The van der Waals surface area contributed by atoms with Crippen molar-refractivity contribution in [2.75, 3.05) is 26.2 Å². The van der Waals surface area contributed by atoms with Crippen LogP contribution in [0.4, 0.5) is 0 Å². The molecule has 4 heteroatoms. The van der Waals surface area contributed by atoms with E-state index in [1.54, 1.807) is 0 Å². The van der Waals surface area contributed by atoms with Crippen molar-refractivity contribution in [3.8, 4) is 0 Å². The Morgan fingerprint density at radius 2 is 1.31 bits per heavy atom. The number of halogens is 2. The van der Waals surface area contributed by atoms with Gasteiger partial charge in [-0.25, -0.2) is 0 Å². The highest BCUT2D eigenvalue weighted by Gasteiger charge is 2.33. The normalized spacial score (nSPS) is 16.7. The molecule has 4 aromatic carbocycles. The fourth-order valence-electron chi connectivity index (χ4n) is 5.15. The standard InChI is InChI=1S/C25H28N2.2ClH/c1-25(2,3)24(27-15-13-26-14-16-27)21-12-10-19-8-7-17-5-4-6-18-9-11-20(21)23(19)22(17)18;;/h4-12,24,26H,13-16H2,1-3H3;2*1H/t24-;;/m0../s1. The number of nitrogens with zero attached hydrogens (tertiary/aromatic N) is 1. The highest BCUT2D eigenvalue weighted by atomic mass is 35.5. The second kappa shape index (κ2) is 8.28. The molecule has 0 saturated carbocycles. The van der Waals surface area contributed by atoms with Crippen molar-refractivity contribution < 1.29 is 0 Å². The summed E-state index contributed by atoms with van der Waals surface area (Å²) in [5.41, 5.74) is 1.66. The molecule has 1 fully saturated rings. The number of nitrogens with one attached hydrogen (secondary N) is 1. The van der Waals surface area contributed by atoms with Crippen LogP contribution in [0.25, 0.3) is 32.3 Å². The van der Waals surface area contributed by atoms with Gasteiger partial charge < -0.3 is 5.32 Å². The van der Waals surface area contributed by atoms with Crippen molar-refractivity contribution in [3.63, 3.8) is 0 Å². The van der Waals surface area contributed by atoms with E-state index in [0.29, 0.717) is 6.04 Å². The molecule has 5 rings (SSSR count). The summed E-state index contributed by atoms with van der Waals surface area (Å²) in [7, 11) is 0. The van der Waals surface area contributed by atoms with Crippen molar-refractivity contribution in [2.45, 2.75) is 26.8 Å². The summed E-state index contributed by atoms with van der Waals surface area (Å²) in [5.74, 6) is 0. The lowest BCUT2D eigenvalue weighted by atomic mass is 9.78. The Morgan fingerprint density at radius 3 is 1.93 bits per heavy atom. The quantitative estimate of drug-likeness (QED) is 0.370. The predicted octanol–water partition coefficient (Wildman–Crippen LogP) is 6.42. The summed E-state index contributed by atoms with van der Waals surface area (Å²) < 4.78 is 0. The van der Waals surface area contributed by atoms with Gasteiger partial charge in [0.2, 0.25) is 0 Å². The van der Waals surface area contributed by atoms with Crippen molar-refractivity contribution in [3.05, 3.63) is 60.2 Å². The topological polar surface area (TPSA) is 15.3 Å². The third-order valence-electron chi connectivity index (χ3n) is 6.19. The molecule has 0 bridgehead atoms. The van der Waals surface area contributed by atoms with E-state index in [2.05, 4.69) is 85.6 Å². The van der Waals surface area contributed by atoms with Crippen molar-refractivity contribution in [2.24, 2.45) is 5.41 Å². The van der Waals surface area contributed by atoms with Crippen LogP contribution in [0.1, 0.15) is 32.4 Å². The minimum Gasteiger partial charge on any atom is -0.314 e. The zero-order valence-electron chi connectivity index (χ0n) is 17.4. The number of piperazine rings is 1. The molecule has 1 aliphatic heterocycles. The van der Waals surface area contributed by atoms with Gasteiger partial charge in [0.25, 0.3) is 0 Å². The molecule has 2 nitrogen and oxygen atoms in total. The lowest BCUT2D eigenvalue weighted by molar-refractivity contribution is 0.0873. The van der Waals surface area contributed by atoms with Gasteiger partial charge in [-0.1, -0.05) is 75.4 Å². The van der Waals surface area contributed by atoms with Crippen LogP contribution in [-0.2, 0) is 0 Å². The number of hydrogen-bond acceptors (Lipinski definition) is 2. The van der Waals surface area contributed by atoms with E-state index in [4.69, 9.17) is 0 Å². The Kier molecular flexibility index (Phi) is 6.31. The second-order valence-electron chi connectivity index (χ2n) is 9.07. The first kappa shape index (κ1) is 22.1. The Morgan fingerprint density at radius 1 is 0.759 bits per heavy atom. The van der Waals surface area contributed by atoms with Crippen LogP contribution in [0.2, 0.25) is 0 Å². The van der Waals surface area contributed by atoms with Gasteiger partial charge in [0, 0.05) is 32.2 Å². The van der Waals surface area contributed by atoms with Crippen molar-refractivity contribution in [1.82, 2.24) is 10.2 Å². The summed E-state index contributed by atoms with van der Waals surface area (Å²) in [6.07, 6.45) is 0. The van der Waals surface area contributed by atoms with Crippen LogP contribution in [-0.4, -0.2) is 31.1 Å². The molecule has 1 N–H and O–H groups in total. The van der Waals surface area contributed by atoms with Gasteiger partial charge in [-0.2, -0.15) is 0 Å². The van der Waals surface area contributed by atoms with Crippen molar-refractivity contribution >= 4 is 57.1 Å². The molecule has 0 unspecified atom stereocenters. The van der Waals surface area contributed by atoms with Gasteiger partial charge in [-0.3, -0.25) is 4.90 Å². The molecule has 0 radical (unpaired) electrons. The maximum absolute atomic E-state index is 3.51. The molecule has 29 heavy (non-hydrogen) atoms. The molecule has 4 aromatic rings. The molecular formula is C25H30Cl2N2. The molecule has 0 aliphatic carbocycles. The van der Waals surface area contributed by atoms with Crippen molar-refractivity contribution in [1.29, 1.82) is 0 Å². The molecule has 1 aliphatic rings. The molecule has 0 amide bonds. The Bertz CT molecular complexity index is 1090.